The van der Waals surface area contributed by atoms with Crippen LogP contribution < -0.4 is 0 Å². The van der Waals surface area contributed by atoms with Crippen molar-refractivity contribution in [2.75, 3.05) is 19.8 Å². The fourth-order valence-electron chi connectivity index (χ4n) is 2.43. The van der Waals surface area contributed by atoms with E-state index in [-0.39, 0.29) is 22.6 Å². The molecular weight excluding hydrogens is 304 g/mol. The van der Waals surface area contributed by atoms with Crippen molar-refractivity contribution in [1.29, 1.82) is 0 Å². The summed E-state index contributed by atoms with van der Waals surface area (Å²) in [7, 11) is 0. The lowest BCUT2D eigenvalue weighted by molar-refractivity contribution is -0.153. The average Bonchev–Trinajstić information content (AvgIpc) is 2.49. The molecule has 0 unspecified atom stereocenters. The Morgan fingerprint density at radius 2 is 1.29 bits per heavy atom. The molecule has 0 N–H and O–H groups in total. The van der Waals surface area contributed by atoms with Gasteiger partial charge in [0.25, 0.3) is 0 Å². The number of carbonyl (C=O) groups excluding carboxylic acids is 2. The van der Waals surface area contributed by atoms with Gasteiger partial charge >= 0.3 is 5.97 Å². The zero-order valence-corrected chi connectivity index (χ0v) is 16.7. The summed E-state index contributed by atoms with van der Waals surface area (Å²) >= 11 is 0. The summed E-state index contributed by atoms with van der Waals surface area (Å²) in [5, 5.41) is 0. The molecule has 0 aromatic heterocycles. The fraction of sp³-hybridized carbons (Fsp3) is 0.900. The monoisotopic (exact) mass is 342 g/mol. The molecule has 0 aliphatic heterocycles. The van der Waals surface area contributed by atoms with Gasteiger partial charge in [-0.15, -0.1) is 0 Å². The van der Waals surface area contributed by atoms with Gasteiger partial charge in [-0.2, -0.15) is 0 Å². The largest absolute Gasteiger partial charge is 0.466 e. The molecule has 0 saturated carbocycles. The van der Waals surface area contributed by atoms with Gasteiger partial charge in [-0.25, -0.2) is 0 Å². The maximum Gasteiger partial charge on any atom is 0.311 e. The summed E-state index contributed by atoms with van der Waals surface area (Å²) in [6, 6.07) is 0. The van der Waals surface area contributed by atoms with E-state index < -0.39 is 0 Å². The molecule has 142 valence electrons. The van der Waals surface area contributed by atoms with Crippen LogP contribution >= 0.6 is 0 Å². The van der Waals surface area contributed by atoms with Crippen LogP contribution in [0.5, 0.6) is 0 Å². The van der Waals surface area contributed by atoms with Crippen molar-refractivity contribution < 1.29 is 19.1 Å². The highest BCUT2D eigenvalue weighted by Gasteiger charge is 2.28. The van der Waals surface area contributed by atoms with E-state index in [2.05, 4.69) is 0 Å². The van der Waals surface area contributed by atoms with Gasteiger partial charge in [0, 0.05) is 18.6 Å². The molecule has 0 aromatic rings. The van der Waals surface area contributed by atoms with E-state index in [1.54, 1.807) is 6.92 Å². The van der Waals surface area contributed by atoms with Crippen LogP contribution in [0, 0.1) is 10.8 Å². The number of Topliss-reactive ketones (excluding diaryl/α,β-unsaturated/α-hetero) is 1. The highest BCUT2D eigenvalue weighted by molar-refractivity contribution is 5.81. The minimum absolute atomic E-state index is 0.102. The van der Waals surface area contributed by atoms with Crippen molar-refractivity contribution in [3.8, 4) is 0 Å². The Bertz CT molecular complexity index is 372. The van der Waals surface area contributed by atoms with Crippen molar-refractivity contribution >= 4 is 11.8 Å². The predicted molar refractivity (Wildman–Crippen MR) is 98.0 cm³/mol. The summed E-state index contributed by atoms with van der Waals surface area (Å²) in [6.45, 7) is 13.4. The van der Waals surface area contributed by atoms with Crippen LogP contribution in [0.15, 0.2) is 0 Å². The average molecular weight is 343 g/mol. The Kier molecular flexibility index (Phi) is 11.2. The number of hydrogen-bond acceptors (Lipinski definition) is 4. The Labute approximate surface area is 148 Å². The van der Waals surface area contributed by atoms with Crippen molar-refractivity contribution in [2.45, 2.75) is 86.5 Å². The van der Waals surface area contributed by atoms with E-state index >= 15 is 0 Å². The Balaban J connectivity index is 3.55. The Morgan fingerprint density at radius 3 is 1.83 bits per heavy atom. The molecule has 0 heterocycles. The molecule has 0 atom stereocenters. The van der Waals surface area contributed by atoms with Gasteiger partial charge < -0.3 is 9.47 Å². The SMILES string of the molecule is CCOC(=O)C(C)(C)CCCCCOCCCCC(C)(C)C(C)=O. The first-order valence-corrected chi connectivity index (χ1v) is 9.39. The molecule has 0 aliphatic carbocycles. The molecule has 4 heteroatoms. The second-order valence-electron chi connectivity index (χ2n) is 7.92. The van der Waals surface area contributed by atoms with Gasteiger partial charge in [-0.05, 0) is 53.4 Å². The smallest absolute Gasteiger partial charge is 0.311 e. The molecule has 4 nitrogen and oxygen atoms in total. The predicted octanol–water partition coefficient (Wildman–Crippen LogP) is 4.94. The van der Waals surface area contributed by atoms with Crippen molar-refractivity contribution in [3.63, 3.8) is 0 Å². The summed E-state index contributed by atoms with van der Waals surface area (Å²) in [4.78, 5) is 23.2. The van der Waals surface area contributed by atoms with Gasteiger partial charge in [0.15, 0.2) is 0 Å². The summed E-state index contributed by atoms with van der Waals surface area (Å²) in [5.41, 5.74) is -0.591. The molecule has 0 rings (SSSR count). The van der Waals surface area contributed by atoms with Gasteiger partial charge in [0.1, 0.15) is 5.78 Å². The third-order valence-electron chi connectivity index (χ3n) is 4.71. The van der Waals surface area contributed by atoms with Crippen molar-refractivity contribution in [2.24, 2.45) is 10.8 Å². The lowest BCUT2D eigenvalue weighted by atomic mass is 9.84. The number of esters is 1. The third-order valence-corrected chi connectivity index (χ3v) is 4.71. The molecule has 0 bridgehead atoms. The van der Waals surface area contributed by atoms with Gasteiger partial charge in [-0.3, -0.25) is 9.59 Å². The molecule has 0 spiro atoms. The Morgan fingerprint density at radius 1 is 0.792 bits per heavy atom. The summed E-state index contributed by atoms with van der Waals surface area (Å²) in [5.74, 6) is 0.156. The number of ether oxygens (including phenoxy) is 2. The zero-order chi connectivity index (χ0) is 18.6. The third kappa shape index (κ3) is 10.1. The lowest BCUT2D eigenvalue weighted by Crippen LogP contribution is -2.26. The van der Waals surface area contributed by atoms with Crippen molar-refractivity contribution in [1.82, 2.24) is 0 Å². The number of rotatable bonds is 14. The molecule has 0 fully saturated rings. The van der Waals surface area contributed by atoms with Crippen LogP contribution in [0.1, 0.15) is 86.5 Å². The maximum atomic E-state index is 11.8. The first kappa shape index (κ1) is 23.1. The highest BCUT2D eigenvalue weighted by atomic mass is 16.5. The van der Waals surface area contributed by atoms with E-state index in [0.717, 1.165) is 58.2 Å². The zero-order valence-electron chi connectivity index (χ0n) is 16.7. The van der Waals surface area contributed by atoms with E-state index in [4.69, 9.17) is 9.47 Å². The minimum atomic E-state index is -0.389. The van der Waals surface area contributed by atoms with E-state index in [9.17, 15) is 9.59 Å². The second kappa shape index (κ2) is 11.6. The van der Waals surface area contributed by atoms with Crippen molar-refractivity contribution in [3.05, 3.63) is 0 Å². The summed E-state index contributed by atoms with van der Waals surface area (Å²) in [6.07, 6.45) is 6.92. The normalized spacial score (nSPS) is 12.2. The number of unbranched alkanes of at least 4 members (excludes halogenated alkanes) is 3. The van der Waals surface area contributed by atoms with Gasteiger partial charge in [-0.1, -0.05) is 33.1 Å². The quantitative estimate of drug-likeness (QED) is 0.331. The van der Waals surface area contributed by atoms with Crippen LogP contribution in [0.4, 0.5) is 0 Å². The molecule has 24 heavy (non-hydrogen) atoms. The van der Waals surface area contributed by atoms with Crippen LogP contribution in [0.25, 0.3) is 0 Å². The molecule has 0 amide bonds. The van der Waals surface area contributed by atoms with E-state index in [1.165, 1.54) is 0 Å². The molecular formula is C20H38O4. The lowest BCUT2D eigenvalue weighted by Gasteiger charge is -2.22. The summed E-state index contributed by atoms with van der Waals surface area (Å²) < 4.78 is 10.7. The fourth-order valence-corrected chi connectivity index (χ4v) is 2.43. The van der Waals surface area contributed by atoms with E-state index in [1.807, 2.05) is 34.6 Å². The highest BCUT2D eigenvalue weighted by Crippen LogP contribution is 2.26. The molecule has 0 aliphatic rings. The number of carbonyl (C=O) groups is 2. The second-order valence-corrected chi connectivity index (χ2v) is 7.92. The number of ketones is 1. The Hall–Kier alpha value is -0.900. The van der Waals surface area contributed by atoms with Crippen LogP contribution in [0.2, 0.25) is 0 Å². The molecule has 0 radical (unpaired) electrons. The molecule has 0 saturated heterocycles. The van der Waals surface area contributed by atoms with Crippen LogP contribution in [0.3, 0.4) is 0 Å². The number of hydrogen-bond donors (Lipinski definition) is 0. The minimum Gasteiger partial charge on any atom is -0.466 e. The van der Waals surface area contributed by atoms with Gasteiger partial charge in [0.2, 0.25) is 0 Å². The molecule has 0 aromatic carbocycles. The topological polar surface area (TPSA) is 52.6 Å². The van der Waals surface area contributed by atoms with Gasteiger partial charge in [0.05, 0.1) is 12.0 Å². The van der Waals surface area contributed by atoms with Crippen LogP contribution in [-0.4, -0.2) is 31.6 Å². The first-order valence-electron chi connectivity index (χ1n) is 9.39. The standard InChI is InChI=1S/C20H38O4/c1-7-24-18(22)20(5,6)14-9-8-11-15-23-16-12-10-13-19(3,4)17(2)21/h7-16H2,1-6H3. The van der Waals surface area contributed by atoms with Crippen LogP contribution in [-0.2, 0) is 19.1 Å². The maximum absolute atomic E-state index is 11.8. The van der Waals surface area contributed by atoms with E-state index in [0.29, 0.717) is 6.61 Å². The first-order chi connectivity index (χ1) is 11.1.